The van der Waals surface area contributed by atoms with E-state index in [4.69, 9.17) is 0 Å². The van der Waals surface area contributed by atoms with Crippen molar-refractivity contribution in [3.8, 4) is 0 Å². The van der Waals surface area contributed by atoms with Crippen molar-refractivity contribution in [2.45, 2.75) is 24.7 Å². The lowest BCUT2D eigenvalue weighted by Gasteiger charge is -2.40. The lowest BCUT2D eigenvalue weighted by molar-refractivity contribution is -0.136. The fourth-order valence-corrected chi connectivity index (χ4v) is 1.58. The third-order valence-electron chi connectivity index (χ3n) is 1.94. The van der Waals surface area contributed by atoms with Crippen molar-refractivity contribution in [3.05, 3.63) is 0 Å². The van der Waals surface area contributed by atoms with Crippen LogP contribution in [0.3, 0.4) is 0 Å². The SMILES string of the molecule is CC(=O)NC1CN(C(=O)C(C)Br)C1. The second-order valence-corrected chi connectivity index (χ2v) is 4.63. The van der Waals surface area contributed by atoms with Gasteiger partial charge in [-0.1, -0.05) is 15.9 Å². The molecular formula is C8H13BrN2O2. The summed E-state index contributed by atoms with van der Waals surface area (Å²) in [5.74, 6) is 0.0468. The van der Waals surface area contributed by atoms with Gasteiger partial charge in [0.1, 0.15) is 0 Å². The summed E-state index contributed by atoms with van der Waals surface area (Å²) < 4.78 is 0. The van der Waals surface area contributed by atoms with Gasteiger partial charge >= 0.3 is 0 Å². The van der Waals surface area contributed by atoms with Crippen molar-refractivity contribution in [3.63, 3.8) is 0 Å². The van der Waals surface area contributed by atoms with E-state index < -0.39 is 0 Å². The molecule has 0 spiro atoms. The van der Waals surface area contributed by atoms with Crippen molar-refractivity contribution < 1.29 is 9.59 Å². The highest BCUT2D eigenvalue weighted by atomic mass is 79.9. The lowest BCUT2D eigenvalue weighted by atomic mass is 10.1. The van der Waals surface area contributed by atoms with Crippen molar-refractivity contribution in [1.29, 1.82) is 0 Å². The molecule has 13 heavy (non-hydrogen) atoms. The molecule has 0 aromatic heterocycles. The van der Waals surface area contributed by atoms with E-state index in [0.29, 0.717) is 13.1 Å². The van der Waals surface area contributed by atoms with Crippen LogP contribution in [0.4, 0.5) is 0 Å². The Labute approximate surface area is 85.8 Å². The zero-order chi connectivity index (χ0) is 10.0. The largest absolute Gasteiger partial charge is 0.350 e. The fraction of sp³-hybridized carbons (Fsp3) is 0.750. The minimum absolute atomic E-state index is 0.0380. The number of rotatable bonds is 2. The number of alkyl halides is 1. The van der Waals surface area contributed by atoms with Crippen LogP contribution < -0.4 is 5.32 Å². The zero-order valence-corrected chi connectivity index (χ0v) is 9.30. The molecule has 0 radical (unpaired) electrons. The van der Waals surface area contributed by atoms with Crippen LogP contribution in [-0.2, 0) is 9.59 Å². The van der Waals surface area contributed by atoms with Gasteiger partial charge in [0.2, 0.25) is 11.8 Å². The summed E-state index contributed by atoms with van der Waals surface area (Å²) >= 11 is 3.21. The molecule has 2 amide bonds. The summed E-state index contributed by atoms with van der Waals surface area (Å²) in [7, 11) is 0. The van der Waals surface area contributed by atoms with E-state index >= 15 is 0 Å². The molecule has 0 aromatic rings. The molecule has 1 aliphatic rings. The van der Waals surface area contributed by atoms with Crippen molar-refractivity contribution in [1.82, 2.24) is 10.2 Å². The molecular weight excluding hydrogens is 236 g/mol. The molecule has 0 bridgehead atoms. The van der Waals surface area contributed by atoms with Crippen LogP contribution >= 0.6 is 15.9 Å². The second-order valence-electron chi connectivity index (χ2n) is 3.26. The van der Waals surface area contributed by atoms with Crippen LogP contribution in [0.2, 0.25) is 0 Å². The van der Waals surface area contributed by atoms with Crippen molar-refractivity contribution in [2.24, 2.45) is 0 Å². The smallest absolute Gasteiger partial charge is 0.236 e. The quantitative estimate of drug-likeness (QED) is 0.706. The van der Waals surface area contributed by atoms with Gasteiger partial charge < -0.3 is 10.2 Å². The molecule has 5 heteroatoms. The summed E-state index contributed by atoms with van der Waals surface area (Å²) in [6.07, 6.45) is 0. The first-order chi connectivity index (χ1) is 6.00. The number of likely N-dealkylation sites (tertiary alicyclic amines) is 1. The molecule has 1 rings (SSSR count). The summed E-state index contributed by atoms with van der Waals surface area (Å²) in [5, 5.41) is 2.75. The van der Waals surface area contributed by atoms with E-state index in [1.165, 1.54) is 6.92 Å². The second kappa shape index (κ2) is 4.09. The van der Waals surface area contributed by atoms with Crippen molar-refractivity contribution in [2.75, 3.05) is 13.1 Å². The molecule has 0 aliphatic carbocycles. The Morgan fingerprint density at radius 3 is 2.46 bits per heavy atom. The van der Waals surface area contributed by atoms with Crippen LogP contribution in [0, 0.1) is 0 Å². The molecule has 1 aliphatic heterocycles. The van der Waals surface area contributed by atoms with Gasteiger partial charge in [0, 0.05) is 20.0 Å². The van der Waals surface area contributed by atoms with Crippen LogP contribution in [0.5, 0.6) is 0 Å². The van der Waals surface area contributed by atoms with Crippen LogP contribution in [-0.4, -0.2) is 40.7 Å². The summed E-state index contributed by atoms with van der Waals surface area (Å²) in [4.78, 5) is 23.5. The number of amides is 2. The molecule has 4 nitrogen and oxygen atoms in total. The molecule has 74 valence electrons. The van der Waals surface area contributed by atoms with E-state index in [0.717, 1.165) is 0 Å². The number of nitrogens with one attached hydrogen (secondary N) is 1. The van der Waals surface area contributed by atoms with Crippen LogP contribution in [0.25, 0.3) is 0 Å². The van der Waals surface area contributed by atoms with E-state index in [-0.39, 0.29) is 22.7 Å². The standard InChI is InChI=1S/C8H13BrN2O2/c1-5(9)8(13)11-3-7(4-11)10-6(2)12/h5,7H,3-4H2,1-2H3,(H,10,12). The Morgan fingerprint density at radius 1 is 1.54 bits per heavy atom. The third kappa shape index (κ3) is 2.69. The van der Waals surface area contributed by atoms with Gasteiger partial charge in [0.25, 0.3) is 0 Å². The van der Waals surface area contributed by atoms with Gasteiger partial charge in [0.05, 0.1) is 10.9 Å². The number of hydrogen-bond donors (Lipinski definition) is 1. The lowest BCUT2D eigenvalue weighted by Crippen LogP contribution is -2.61. The number of nitrogens with zero attached hydrogens (tertiary/aromatic N) is 1. The summed E-state index contributed by atoms with van der Waals surface area (Å²) in [5.41, 5.74) is 0. The Balaban J connectivity index is 2.25. The van der Waals surface area contributed by atoms with E-state index in [1.54, 1.807) is 11.8 Å². The Morgan fingerprint density at radius 2 is 2.08 bits per heavy atom. The number of carbonyl (C=O) groups excluding carboxylic acids is 2. The average molecular weight is 249 g/mol. The van der Waals surface area contributed by atoms with Gasteiger partial charge in [0.15, 0.2) is 0 Å². The van der Waals surface area contributed by atoms with E-state index in [2.05, 4.69) is 21.2 Å². The minimum Gasteiger partial charge on any atom is -0.350 e. The molecule has 1 N–H and O–H groups in total. The maximum absolute atomic E-state index is 11.3. The normalized spacial score (nSPS) is 19.2. The predicted octanol–water partition coefficient (Wildman–Crippen LogP) is 0.117. The maximum atomic E-state index is 11.3. The van der Waals surface area contributed by atoms with Crippen molar-refractivity contribution >= 4 is 27.7 Å². The zero-order valence-electron chi connectivity index (χ0n) is 7.71. The Kier molecular flexibility index (Phi) is 3.30. The van der Waals surface area contributed by atoms with Gasteiger partial charge in [-0.3, -0.25) is 9.59 Å². The van der Waals surface area contributed by atoms with E-state index in [1.807, 2.05) is 0 Å². The van der Waals surface area contributed by atoms with E-state index in [9.17, 15) is 9.59 Å². The van der Waals surface area contributed by atoms with Gasteiger partial charge in [-0.25, -0.2) is 0 Å². The number of halogens is 1. The molecule has 1 heterocycles. The molecule has 0 aromatic carbocycles. The topological polar surface area (TPSA) is 49.4 Å². The Hall–Kier alpha value is -0.580. The molecule has 1 fully saturated rings. The number of carbonyl (C=O) groups is 2. The maximum Gasteiger partial charge on any atom is 0.236 e. The predicted molar refractivity (Wildman–Crippen MR) is 52.6 cm³/mol. The molecule has 1 atom stereocenters. The molecule has 0 saturated carbocycles. The monoisotopic (exact) mass is 248 g/mol. The molecule has 1 saturated heterocycles. The summed E-state index contributed by atoms with van der Waals surface area (Å²) in [6, 6.07) is 0.146. The first kappa shape index (κ1) is 10.5. The minimum atomic E-state index is -0.134. The fourth-order valence-electron chi connectivity index (χ4n) is 1.29. The first-order valence-electron chi connectivity index (χ1n) is 4.20. The van der Waals surface area contributed by atoms with Crippen LogP contribution in [0.1, 0.15) is 13.8 Å². The van der Waals surface area contributed by atoms with Gasteiger partial charge in [-0.2, -0.15) is 0 Å². The highest BCUT2D eigenvalue weighted by Gasteiger charge is 2.32. The highest BCUT2D eigenvalue weighted by molar-refractivity contribution is 9.10. The van der Waals surface area contributed by atoms with Gasteiger partial charge in [-0.05, 0) is 6.92 Å². The molecule has 1 unspecified atom stereocenters. The Bertz CT molecular complexity index is 224. The van der Waals surface area contributed by atoms with Gasteiger partial charge in [-0.15, -0.1) is 0 Å². The summed E-state index contributed by atoms with van der Waals surface area (Å²) in [6.45, 7) is 4.55. The number of hydrogen-bond acceptors (Lipinski definition) is 2. The average Bonchev–Trinajstić information content (AvgIpc) is 1.94. The third-order valence-corrected chi connectivity index (χ3v) is 2.33. The highest BCUT2D eigenvalue weighted by Crippen LogP contribution is 2.12. The van der Waals surface area contributed by atoms with Crippen LogP contribution in [0.15, 0.2) is 0 Å². The first-order valence-corrected chi connectivity index (χ1v) is 5.12.